The van der Waals surface area contributed by atoms with Crippen LogP contribution >= 0.6 is 0 Å². The summed E-state index contributed by atoms with van der Waals surface area (Å²) in [5.41, 5.74) is -2.49. The Hall–Kier alpha value is -1.65. The fourth-order valence-corrected chi connectivity index (χ4v) is 3.82. The summed E-state index contributed by atoms with van der Waals surface area (Å²) >= 11 is 0. The summed E-state index contributed by atoms with van der Waals surface area (Å²) in [6.45, 7) is 11.4. The van der Waals surface area contributed by atoms with Gasteiger partial charge in [0.2, 0.25) is 0 Å². The number of piperidine rings is 1. The Morgan fingerprint density at radius 3 is 1.97 bits per heavy atom. The first-order chi connectivity index (χ1) is 15.4. The van der Waals surface area contributed by atoms with E-state index in [0.717, 1.165) is 6.20 Å². The number of aromatic nitrogens is 2. The SMILES string of the molecule is [B]C1([B])N(C(=O)OC(C)(C)C)C(O)(O)C(O)(O)C(n2cc(B3OC(C)(C)C(C)(C)O3)cn2)C1(O)O. The van der Waals surface area contributed by atoms with Crippen LogP contribution in [0.1, 0.15) is 54.5 Å². The monoisotopic (exact) mass is 493 g/mol. The molecule has 2 fully saturated rings. The molecule has 0 aliphatic carbocycles. The lowest BCUT2D eigenvalue weighted by Gasteiger charge is -2.62. The Balaban J connectivity index is 2.07. The van der Waals surface area contributed by atoms with Gasteiger partial charge in [0, 0.05) is 23.2 Å². The van der Waals surface area contributed by atoms with Crippen LogP contribution in [-0.2, 0) is 14.0 Å². The van der Waals surface area contributed by atoms with Gasteiger partial charge < -0.3 is 44.7 Å². The molecular weight excluding hydrogens is 463 g/mol. The zero-order chi connectivity index (χ0) is 27.2. The summed E-state index contributed by atoms with van der Waals surface area (Å²) in [6, 6.07) is -2.55. The molecule has 3 heterocycles. The molecule has 35 heavy (non-hydrogen) atoms. The second-order valence-electron chi connectivity index (χ2n) is 11.0. The van der Waals surface area contributed by atoms with Crippen LogP contribution in [0.3, 0.4) is 0 Å². The second kappa shape index (κ2) is 7.68. The van der Waals surface area contributed by atoms with Gasteiger partial charge in [-0.15, -0.1) is 0 Å². The van der Waals surface area contributed by atoms with Crippen LogP contribution in [0, 0.1) is 0 Å². The first-order valence-corrected chi connectivity index (χ1v) is 10.7. The molecule has 4 radical (unpaired) electrons. The van der Waals surface area contributed by atoms with Crippen molar-refractivity contribution in [3.63, 3.8) is 0 Å². The van der Waals surface area contributed by atoms with Crippen molar-refractivity contribution in [2.45, 2.75) is 94.1 Å². The number of nitrogens with zero attached hydrogens (tertiary/aromatic N) is 3. The van der Waals surface area contributed by atoms with Crippen molar-refractivity contribution in [2.24, 2.45) is 0 Å². The van der Waals surface area contributed by atoms with Crippen molar-refractivity contribution in [3.8, 4) is 0 Å². The summed E-state index contributed by atoms with van der Waals surface area (Å²) in [6.07, 6.45) is 0.578. The van der Waals surface area contributed by atoms with Gasteiger partial charge in [-0.05, 0) is 48.5 Å². The summed E-state index contributed by atoms with van der Waals surface area (Å²) in [5.74, 6) is -11.5. The number of ether oxygens (including phenoxy) is 1. The molecule has 0 spiro atoms. The number of amides is 1. The lowest BCUT2D eigenvalue weighted by Crippen LogP contribution is -2.87. The van der Waals surface area contributed by atoms with Crippen LogP contribution < -0.4 is 5.46 Å². The molecule has 6 N–H and O–H groups in total. The highest BCUT2D eigenvalue weighted by molar-refractivity contribution is 6.62. The zero-order valence-electron chi connectivity index (χ0n) is 20.6. The number of carbonyl (C=O) groups is 1. The van der Waals surface area contributed by atoms with Crippen molar-refractivity contribution >= 4 is 34.4 Å². The van der Waals surface area contributed by atoms with E-state index in [-0.39, 0.29) is 10.4 Å². The fraction of sp³-hybridized carbons (Fsp3) is 0.789. The third kappa shape index (κ3) is 4.09. The molecule has 0 bridgehead atoms. The average molecular weight is 493 g/mol. The average Bonchev–Trinajstić information content (AvgIpc) is 3.13. The summed E-state index contributed by atoms with van der Waals surface area (Å²) in [5, 5.41) is 65.5. The predicted octanol–water partition coefficient (Wildman–Crippen LogP) is -3.03. The number of hydrogen-bond acceptors (Lipinski definition) is 11. The normalized spacial score (nSPS) is 28.1. The van der Waals surface area contributed by atoms with Gasteiger partial charge in [0.15, 0.2) is 11.8 Å². The molecule has 1 aromatic heterocycles. The number of rotatable bonds is 2. The molecule has 3 rings (SSSR count). The first-order valence-electron chi connectivity index (χ1n) is 10.7. The Labute approximate surface area is 205 Å². The standard InChI is InChI=1S/C19H30B3N3O10/c1-13(2,3)33-12(26)25-18(20,21)16(27,28)11(17(29,30)19(25,31)32)24-9-10(8-23-24)22-34-14(4,5)15(6,7)35-22/h8-9,11,27-32H,1-7H3. The van der Waals surface area contributed by atoms with Crippen molar-refractivity contribution < 1.29 is 49.5 Å². The lowest BCUT2D eigenvalue weighted by atomic mass is 9.51. The Bertz CT molecular complexity index is 958. The van der Waals surface area contributed by atoms with E-state index in [9.17, 15) is 35.4 Å². The highest BCUT2D eigenvalue weighted by Gasteiger charge is 2.76. The maximum Gasteiger partial charge on any atom is 0.498 e. The van der Waals surface area contributed by atoms with E-state index in [2.05, 4.69) is 5.10 Å². The smallest absolute Gasteiger partial charge is 0.444 e. The van der Waals surface area contributed by atoms with Crippen LogP contribution in [0.25, 0.3) is 0 Å². The Morgan fingerprint density at radius 1 is 1.03 bits per heavy atom. The van der Waals surface area contributed by atoms with Gasteiger partial charge in [-0.3, -0.25) is 9.58 Å². The third-order valence-electron chi connectivity index (χ3n) is 6.51. The predicted molar refractivity (Wildman–Crippen MR) is 121 cm³/mol. The summed E-state index contributed by atoms with van der Waals surface area (Å²) in [7, 11) is 10.6. The Kier molecular flexibility index (Phi) is 6.13. The van der Waals surface area contributed by atoms with Gasteiger partial charge in [-0.25, -0.2) is 4.79 Å². The van der Waals surface area contributed by atoms with E-state index in [4.69, 9.17) is 29.7 Å². The van der Waals surface area contributed by atoms with E-state index < -0.39 is 58.9 Å². The van der Waals surface area contributed by atoms with Gasteiger partial charge >= 0.3 is 19.1 Å². The van der Waals surface area contributed by atoms with Crippen LogP contribution in [-0.4, -0.2) is 114 Å². The maximum atomic E-state index is 12.7. The minimum Gasteiger partial charge on any atom is -0.444 e. The molecule has 2 saturated heterocycles. The molecule has 0 saturated carbocycles. The highest BCUT2D eigenvalue weighted by Crippen LogP contribution is 2.49. The molecule has 190 valence electrons. The van der Waals surface area contributed by atoms with E-state index >= 15 is 0 Å². The topological polar surface area (TPSA) is 187 Å². The van der Waals surface area contributed by atoms with Gasteiger partial charge in [0.25, 0.3) is 5.79 Å². The van der Waals surface area contributed by atoms with Gasteiger partial charge in [0.05, 0.1) is 26.9 Å². The molecule has 1 aromatic rings. The molecule has 16 heteroatoms. The van der Waals surface area contributed by atoms with Crippen LogP contribution in [0.15, 0.2) is 12.4 Å². The molecule has 0 aromatic carbocycles. The molecule has 1 unspecified atom stereocenters. The first kappa shape index (κ1) is 27.9. The molecule has 1 amide bonds. The summed E-state index contributed by atoms with van der Waals surface area (Å²) in [4.78, 5) is 12.3. The van der Waals surface area contributed by atoms with E-state index in [1.165, 1.54) is 27.0 Å². The largest absolute Gasteiger partial charge is 0.498 e. The minimum atomic E-state index is -3.99. The van der Waals surface area contributed by atoms with Gasteiger partial charge in [-0.1, -0.05) is 0 Å². The van der Waals surface area contributed by atoms with Gasteiger partial charge in [0.1, 0.15) is 5.60 Å². The van der Waals surface area contributed by atoms with Crippen LogP contribution in [0.2, 0.25) is 0 Å². The van der Waals surface area contributed by atoms with Crippen molar-refractivity contribution in [1.82, 2.24) is 14.7 Å². The number of likely N-dealkylation sites (tertiary alicyclic amines) is 1. The zero-order valence-corrected chi connectivity index (χ0v) is 20.6. The molecule has 1 atom stereocenters. The number of hydrogen-bond donors (Lipinski definition) is 6. The van der Waals surface area contributed by atoms with E-state index in [1.54, 1.807) is 27.7 Å². The number of aliphatic hydroxyl groups is 6. The number of carbonyl (C=O) groups excluding carboxylic acids is 1. The third-order valence-corrected chi connectivity index (χ3v) is 6.51. The Morgan fingerprint density at radius 2 is 1.51 bits per heavy atom. The molecule has 13 nitrogen and oxygen atoms in total. The minimum absolute atomic E-state index is 0.214. The highest BCUT2D eigenvalue weighted by atomic mass is 16.7. The maximum absolute atomic E-state index is 12.7. The van der Waals surface area contributed by atoms with E-state index in [0.29, 0.717) is 4.68 Å². The molecular formula is C19H30B3N3O10. The van der Waals surface area contributed by atoms with Crippen molar-refractivity contribution in [1.29, 1.82) is 0 Å². The van der Waals surface area contributed by atoms with Crippen LogP contribution in [0.5, 0.6) is 0 Å². The molecule has 2 aliphatic rings. The fourth-order valence-electron chi connectivity index (χ4n) is 3.82. The quantitative estimate of drug-likeness (QED) is 0.182. The lowest BCUT2D eigenvalue weighted by molar-refractivity contribution is -0.478. The van der Waals surface area contributed by atoms with Gasteiger partial charge in [-0.2, -0.15) is 5.10 Å². The molecule has 2 aliphatic heterocycles. The van der Waals surface area contributed by atoms with Crippen molar-refractivity contribution in [3.05, 3.63) is 12.4 Å². The van der Waals surface area contributed by atoms with Crippen LogP contribution in [0.4, 0.5) is 4.79 Å². The van der Waals surface area contributed by atoms with E-state index in [1.807, 2.05) is 0 Å². The second-order valence-corrected chi connectivity index (χ2v) is 11.0. The summed E-state index contributed by atoms with van der Waals surface area (Å²) < 4.78 is 17.4. The van der Waals surface area contributed by atoms with Crippen molar-refractivity contribution in [2.75, 3.05) is 0 Å².